The molecule has 142 valence electrons. The maximum Gasteiger partial charge on any atom is 0.298 e. The zero-order valence-electron chi connectivity index (χ0n) is 15.0. The van der Waals surface area contributed by atoms with Gasteiger partial charge in [0.25, 0.3) is 10.1 Å². The number of aryl methyl sites for hydroxylation is 1. The van der Waals surface area contributed by atoms with Crippen molar-refractivity contribution in [1.82, 2.24) is 0 Å². The molecule has 2 N–H and O–H groups in total. The second-order valence-electron chi connectivity index (χ2n) is 6.34. The molecule has 0 saturated carbocycles. The van der Waals surface area contributed by atoms with Gasteiger partial charge in [-0.2, -0.15) is 8.42 Å². The molecule has 5 nitrogen and oxygen atoms in total. The lowest BCUT2D eigenvalue weighted by atomic mass is 10.0. The van der Waals surface area contributed by atoms with Crippen molar-refractivity contribution in [1.29, 1.82) is 0 Å². The molecule has 2 aromatic rings. The molecule has 0 fully saturated rings. The summed E-state index contributed by atoms with van der Waals surface area (Å²) in [6.45, 7) is 2.16. The number of aromatic hydroxyl groups is 1. The number of para-hydroxylation sites is 1. The molecule has 0 saturated heterocycles. The molecule has 0 aliphatic rings. The number of benzene rings is 2. The van der Waals surface area contributed by atoms with E-state index in [1.807, 2.05) is 6.07 Å². The zero-order chi connectivity index (χ0) is 19.0. The number of unbranched alkanes of at least 4 members (excludes halogenated alkanes) is 5. The molecule has 0 atom stereocenters. The van der Waals surface area contributed by atoms with Crippen LogP contribution in [-0.4, -0.2) is 18.1 Å². The summed E-state index contributed by atoms with van der Waals surface area (Å²) in [7, 11) is -4.54. The number of phenols is 1. The lowest BCUT2D eigenvalue weighted by Gasteiger charge is -2.12. The van der Waals surface area contributed by atoms with Gasteiger partial charge in [0.2, 0.25) is 0 Å². The van der Waals surface area contributed by atoms with Crippen molar-refractivity contribution in [2.45, 2.75) is 56.8 Å². The average molecular weight is 378 g/mol. The second-order valence-corrected chi connectivity index (χ2v) is 7.73. The minimum absolute atomic E-state index is 0.266. The fourth-order valence-electron chi connectivity index (χ4n) is 2.80. The average Bonchev–Trinajstić information content (AvgIpc) is 2.60. The maximum absolute atomic E-state index is 11.6. The van der Waals surface area contributed by atoms with Crippen molar-refractivity contribution < 1.29 is 22.8 Å². The largest absolute Gasteiger partial charge is 0.506 e. The van der Waals surface area contributed by atoms with Crippen molar-refractivity contribution in [3.63, 3.8) is 0 Å². The van der Waals surface area contributed by atoms with Gasteiger partial charge >= 0.3 is 0 Å². The van der Waals surface area contributed by atoms with Crippen molar-refractivity contribution in [2.24, 2.45) is 0 Å². The normalized spacial score (nSPS) is 11.5. The smallest absolute Gasteiger partial charge is 0.298 e. The molecule has 0 heterocycles. The van der Waals surface area contributed by atoms with E-state index in [0.717, 1.165) is 25.3 Å². The first-order valence-electron chi connectivity index (χ1n) is 8.98. The van der Waals surface area contributed by atoms with Gasteiger partial charge in [-0.3, -0.25) is 4.55 Å². The first-order valence-corrected chi connectivity index (χ1v) is 10.4. The van der Waals surface area contributed by atoms with E-state index in [-0.39, 0.29) is 5.75 Å². The zero-order valence-corrected chi connectivity index (χ0v) is 15.8. The van der Waals surface area contributed by atoms with Crippen LogP contribution in [0.4, 0.5) is 0 Å². The van der Waals surface area contributed by atoms with Gasteiger partial charge in [-0.15, -0.1) is 0 Å². The molecule has 0 bridgehead atoms. The summed E-state index contributed by atoms with van der Waals surface area (Å²) in [5, 5.41) is 10.3. The van der Waals surface area contributed by atoms with Gasteiger partial charge in [0.15, 0.2) is 0 Å². The fraction of sp³-hybridized carbons (Fsp3) is 0.400. The third-order valence-corrected chi connectivity index (χ3v) is 5.05. The van der Waals surface area contributed by atoms with E-state index in [1.54, 1.807) is 30.3 Å². The molecule has 0 radical (unpaired) electrons. The molecule has 0 amide bonds. The molecular formula is C20H26O5S. The number of hydrogen-bond acceptors (Lipinski definition) is 4. The van der Waals surface area contributed by atoms with Gasteiger partial charge in [0.05, 0.1) is 0 Å². The second kappa shape index (κ2) is 9.59. The summed E-state index contributed by atoms with van der Waals surface area (Å²) >= 11 is 0. The van der Waals surface area contributed by atoms with Crippen LogP contribution in [0, 0.1) is 0 Å². The molecular weight excluding hydrogens is 352 g/mol. The van der Waals surface area contributed by atoms with Gasteiger partial charge in [-0.05, 0) is 36.6 Å². The number of hydrogen-bond donors (Lipinski definition) is 2. The van der Waals surface area contributed by atoms with Gasteiger partial charge in [0.1, 0.15) is 22.1 Å². The molecule has 0 aromatic heterocycles. The molecule has 2 aromatic carbocycles. The molecule has 0 unspecified atom stereocenters. The standard InChI is InChI=1S/C20H26O5S/c1-2-3-4-5-6-8-11-16-14-18(25-17-12-9-7-10-13-17)15-19(20(16)21)26(22,23)24/h7,9-10,12-15,21H,2-6,8,11H2,1H3,(H,22,23,24). The maximum atomic E-state index is 11.6. The van der Waals surface area contributed by atoms with Crippen LogP contribution < -0.4 is 4.74 Å². The third-order valence-electron chi connectivity index (χ3n) is 4.18. The van der Waals surface area contributed by atoms with Crippen LogP contribution in [0.2, 0.25) is 0 Å². The Labute approximate surface area is 155 Å². The van der Waals surface area contributed by atoms with Gasteiger partial charge in [-0.25, -0.2) is 0 Å². The molecule has 0 spiro atoms. The predicted molar refractivity (Wildman–Crippen MR) is 102 cm³/mol. The highest BCUT2D eigenvalue weighted by molar-refractivity contribution is 7.86. The Morgan fingerprint density at radius 3 is 2.23 bits per heavy atom. The van der Waals surface area contributed by atoms with E-state index in [4.69, 9.17) is 4.74 Å². The van der Waals surface area contributed by atoms with Gasteiger partial charge in [0, 0.05) is 6.07 Å². The highest BCUT2D eigenvalue weighted by Gasteiger charge is 2.20. The summed E-state index contributed by atoms with van der Waals surface area (Å²) < 4.78 is 38.3. The Balaban J connectivity index is 2.18. The summed E-state index contributed by atoms with van der Waals surface area (Å²) in [6.07, 6.45) is 7.03. The predicted octanol–water partition coefficient (Wildman–Crippen LogP) is 5.33. The van der Waals surface area contributed by atoms with Crippen LogP contribution in [0.5, 0.6) is 17.2 Å². The lowest BCUT2D eigenvalue weighted by molar-refractivity contribution is 0.428. The van der Waals surface area contributed by atoms with E-state index in [0.29, 0.717) is 17.7 Å². The number of rotatable bonds is 10. The SMILES string of the molecule is CCCCCCCCc1cc(Oc2ccccc2)cc(S(=O)(=O)O)c1O. The quantitative estimate of drug-likeness (QED) is 0.431. The van der Waals surface area contributed by atoms with Crippen LogP contribution in [0.3, 0.4) is 0 Å². The lowest BCUT2D eigenvalue weighted by Crippen LogP contribution is -2.02. The first kappa shape index (κ1) is 20.3. The summed E-state index contributed by atoms with van der Waals surface area (Å²) in [6, 6.07) is 11.7. The first-order chi connectivity index (χ1) is 12.4. The van der Waals surface area contributed by atoms with Gasteiger partial charge in [-0.1, -0.05) is 57.2 Å². The molecule has 6 heteroatoms. The molecule has 0 aliphatic heterocycles. The number of phenolic OH excluding ortho intramolecular Hbond substituents is 1. The molecule has 0 aliphatic carbocycles. The minimum atomic E-state index is -4.54. The van der Waals surface area contributed by atoms with Crippen LogP contribution >= 0.6 is 0 Å². The number of ether oxygens (including phenoxy) is 1. The molecule has 2 rings (SSSR count). The van der Waals surface area contributed by atoms with Crippen LogP contribution in [0.15, 0.2) is 47.4 Å². The Kier molecular flexibility index (Phi) is 7.48. The Hall–Kier alpha value is -2.05. The van der Waals surface area contributed by atoms with E-state index in [1.165, 1.54) is 19.3 Å². The Morgan fingerprint density at radius 1 is 0.923 bits per heavy atom. The van der Waals surface area contributed by atoms with Crippen molar-refractivity contribution >= 4 is 10.1 Å². The van der Waals surface area contributed by atoms with Crippen LogP contribution in [-0.2, 0) is 16.5 Å². The molecule has 26 heavy (non-hydrogen) atoms. The van der Waals surface area contributed by atoms with Crippen molar-refractivity contribution in [3.05, 3.63) is 48.0 Å². The third kappa shape index (κ3) is 6.04. The Bertz CT molecular complexity index is 800. The highest BCUT2D eigenvalue weighted by atomic mass is 32.2. The van der Waals surface area contributed by atoms with E-state index >= 15 is 0 Å². The Morgan fingerprint density at radius 2 is 1.58 bits per heavy atom. The summed E-state index contributed by atoms with van der Waals surface area (Å²) in [5.41, 5.74) is 0.460. The van der Waals surface area contributed by atoms with Crippen molar-refractivity contribution in [2.75, 3.05) is 0 Å². The monoisotopic (exact) mass is 378 g/mol. The topological polar surface area (TPSA) is 83.8 Å². The van der Waals surface area contributed by atoms with Crippen LogP contribution in [0.1, 0.15) is 51.0 Å². The van der Waals surface area contributed by atoms with Crippen molar-refractivity contribution in [3.8, 4) is 17.2 Å². The minimum Gasteiger partial charge on any atom is -0.506 e. The van der Waals surface area contributed by atoms with Crippen LogP contribution in [0.25, 0.3) is 0 Å². The summed E-state index contributed by atoms with van der Waals surface area (Å²) in [4.78, 5) is -0.521. The van der Waals surface area contributed by atoms with E-state index in [9.17, 15) is 18.1 Å². The fourth-order valence-corrected chi connectivity index (χ4v) is 3.44. The summed E-state index contributed by atoms with van der Waals surface area (Å²) in [5.74, 6) is 0.411. The van der Waals surface area contributed by atoms with E-state index < -0.39 is 20.8 Å². The van der Waals surface area contributed by atoms with E-state index in [2.05, 4.69) is 6.92 Å². The highest BCUT2D eigenvalue weighted by Crippen LogP contribution is 2.34. The van der Waals surface area contributed by atoms with Gasteiger partial charge < -0.3 is 9.84 Å².